The van der Waals surface area contributed by atoms with E-state index in [4.69, 9.17) is 17.0 Å². The van der Waals surface area contributed by atoms with Crippen molar-refractivity contribution in [2.45, 2.75) is 19.8 Å². The van der Waals surface area contributed by atoms with Crippen LogP contribution >= 0.6 is 21.4 Å². The third-order valence-corrected chi connectivity index (χ3v) is 3.42. The second kappa shape index (κ2) is 10.5. The smallest absolute Gasteiger partial charge is 0 e. The summed E-state index contributed by atoms with van der Waals surface area (Å²) in [6.07, 6.45) is 2.25. The van der Waals surface area contributed by atoms with E-state index in [0.29, 0.717) is 4.38 Å². The molecule has 0 fully saturated rings. The zero-order valence-corrected chi connectivity index (χ0v) is 10.2. The van der Waals surface area contributed by atoms with Gasteiger partial charge in [0.2, 0.25) is 0 Å². The summed E-state index contributed by atoms with van der Waals surface area (Å²) in [7, 11) is 1.43. The summed E-state index contributed by atoms with van der Waals surface area (Å²) < 4.78 is 5.74. The molecule has 69 valence electrons. The van der Waals surface area contributed by atoms with E-state index in [1.807, 2.05) is 0 Å². The Kier molecular flexibility index (Phi) is 14.8. The average Bonchev–Trinajstić information content (AvgIpc) is 1.89. The first-order valence-corrected chi connectivity index (χ1v) is 6.45. The van der Waals surface area contributed by atoms with E-state index in [1.54, 1.807) is 0 Å². The molecule has 0 aromatic heterocycles. The van der Waals surface area contributed by atoms with Crippen LogP contribution in [0.15, 0.2) is 0 Å². The van der Waals surface area contributed by atoms with Crippen molar-refractivity contribution in [1.29, 1.82) is 0 Å². The third kappa shape index (κ3) is 9.50. The van der Waals surface area contributed by atoms with Crippen LogP contribution in [0.2, 0.25) is 0 Å². The molecule has 0 unspecified atom stereocenters. The van der Waals surface area contributed by atoms with Gasteiger partial charge in [-0.25, -0.2) is 0 Å². The van der Waals surface area contributed by atoms with Crippen molar-refractivity contribution in [3.63, 3.8) is 0 Å². The van der Waals surface area contributed by atoms with Gasteiger partial charge in [0.05, 0.1) is 0 Å². The summed E-state index contributed by atoms with van der Waals surface area (Å²) in [6.45, 7) is 2.89. The molecule has 0 atom stereocenters. The Morgan fingerprint density at radius 1 is 1.70 bits per heavy atom. The number of rotatable bonds is 3. The van der Waals surface area contributed by atoms with Crippen LogP contribution in [-0.2, 0) is 41.5 Å². The summed E-state index contributed by atoms with van der Waals surface area (Å²) in [5, 5.41) is 0. The number of hydrogen-bond acceptors (Lipinski definition) is 3. The Hall–Kier alpha value is 1.50. The number of ether oxygens (including phenoxy) is 1. The normalized spacial score (nSPS) is 8.30. The summed E-state index contributed by atoms with van der Waals surface area (Å²) in [5.74, 6) is 0. The molecule has 1 radical (unpaired) electrons. The van der Waals surface area contributed by atoms with E-state index in [-0.39, 0.29) is 17.1 Å². The topological polar surface area (TPSA) is 9.23 Å². The van der Waals surface area contributed by atoms with E-state index in [9.17, 15) is 0 Å². The Morgan fingerprint density at radius 3 is 2.70 bits per heavy atom. The van der Waals surface area contributed by atoms with E-state index >= 15 is 0 Å². The van der Waals surface area contributed by atoms with Gasteiger partial charge in [-0.2, -0.15) is 0 Å². The molecule has 0 saturated heterocycles. The zero-order valence-electron chi connectivity index (χ0n) is 5.45. The van der Waals surface area contributed by atoms with Gasteiger partial charge in [0.25, 0.3) is 0 Å². The second-order valence-corrected chi connectivity index (χ2v) is 3.96. The molecule has 0 aliphatic rings. The average molecular weight is 410 g/mol. The molecule has 0 rings (SSSR count). The van der Waals surface area contributed by atoms with Crippen molar-refractivity contribution < 1.29 is 41.5 Å². The van der Waals surface area contributed by atoms with Crippen LogP contribution < -0.4 is 0 Å². The number of hydrogen-bond donors (Lipinski definition) is 0. The second-order valence-electron chi connectivity index (χ2n) is 1.51. The predicted octanol–water partition coefficient (Wildman–Crippen LogP) is 2.28. The van der Waals surface area contributed by atoms with Crippen molar-refractivity contribution in [3.8, 4) is 0 Å². The fourth-order valence-corrected chi connectivity index (χ4v) is 0.903. The molecule has 0 saturated carbocycles. The van der Waals surface area contributed by atoms with E-state index in [1.165, 1.54) is 9.23 Å². The molecule has 5 heteroatoms. The van der Waals surface area contributed by atoms with Gasteiger partial charge < -0.3 is 0 Å². The van der Waals surface area contributed by atoms with Crippen molar-refractivity contribution >= 4 is 25.8 Å². The fraction of sp³-hybridized carbons (Fsp3) is 0.800. The Morgan fingerprint density at radius 2 is 2.30 bits per heavy atom. The maximum Gasteiger partial charge on any atom is 0 e. The standard InChI is InChI=1S/C5H10OS2.Au.Cu/c1-2-3-4-6-5(7)8;;/h2-4H2,1H3,(H,7,8);;/q;+1;/p-1. The van der Waals surface area contributed by atoms with Crippen molar-refractivity contribution in [2.24, 2.45) is 0 Å². The summed E-state index contributed by atoms with van der Waals surface area (Å²) >= 11 is 7.07. The first kappa shape index (κ1) is 14.0. The molecule has 0 heterocycles. The maximum atomic E-state index is 5.11. The third-order valence-electron chi connectivity index (χ3n) is 0.768. The fourth-order valence-electron chi connectivity index (χ4n) is 0.318. The number of thiocarbonyl (C=S) groups is 1. The van der Waals surface area contributed by atoms with Crippen LogP contribution in [0.25, 0.3) is 0 Å². The molecular formula is C5H9AuCuOS2. The van der Waals surface area contributed by atoms with Crippen LogP contribution in [0.3, 0.4) is 0 Å². The zero-order chi connectivity index (χ0) is 7.11. The van der Waals surface area contributed by atoms with Gasteiger partial charge >= 0.3 is 76.7 Å². The van der Waals surface area contributed by atoms with Gasteiger partial charge in [0.1, 0.15) is 0 Å². The maximum absolute atomic E-state index is 5.11. The van der Waals surface area contributed by atoms with Gasteiger partial charge in [-0.05, 0) is 0 Å². The quantitative estimate of drug-likeness (QED) is 0.402. The van der Waals surface area contributed by atoms with Crippen molar-refractivity contribution in [1.82, 2.24) is 0 Å². The van der Waals surface area contributed by atoms with Crippen LogP contribution in [0, 0.1) is 0 Å². The molecule has 0 aromatic rings. The Labute approximate surface area is 93.0 Å². The minimum Gasteiger partial charge on any atom is 0 e. The molecule has 0 N–H and O–H groups in total. The SMILES string of the molecule is CCCCOC(=S)[S][Au].[Cu]. The molecule has 0 aliphatic carbocycles. The van der Waals surface area contributed by atoms with E-state index in [0.717, 1.165) is 19.4 Å². The van der Waals surface area contributed by atoms with Crippen LogP contribution in [-0.4, -0.2) is 11.0 Å². The van der Waals surface area contributed by atoms with Crippen LogP contribution in [0.1, 0.15) is 19.8 Å². The summed E-state index contributed by atoms with van der Waals surface area (Å²) in [4.78, 5) is 0. The van der Waals surface area contributed by atoms with Gasteiger partial charge in [0, 0.05) is 17.1 Å². The summed E-state index contributed by atoms with van der Waals surface area (Å²) in [6, 6.07) is 0. The molecule has 0 amide bonds. The Bertz CT molecular complexity index is 91.7. The van der Waals surface area contributed by atoms with Gasteiger partial charge in [-0.1, -0.05) is 0 Å². The minimum absolute atomic E-state index is 0. The van der Waals surface area contributed by atoms with Gasteiger partial charge in [-0.15, -0.1) is 0 Å². The molecule has 0 bridgehead atoms. The molecule has 0 aliphatic heterocycles. The molecule has 0 spiro atoms. The monoisotopic (exact) mass is 409 g/mol. The predicted molar refractivity (Wildman–Crippen MR) is 41.0 cm³/mol. The molecule has 10 heavy (non-hydrogen) atoms. The molecule has 0 aromatic carbocycles. The Balaban J connectivity index is 0. The molecule has 1 nitrogen and oxygen atoms in total. The minimum atomic E-state index is 0. The molecular weight excluding hydrogens is 401 g/mol. The first-order valence-electron chi connectivity index (χ1n) is 2.73. The van der Waals surface area contributed by atoms with Crippen molar-refractivity contribution in [3.05, 3.63) is 0 Å². The number of unbranched alkanes of at least 4 members (excludes halogenated alkanes) is 1. The van der Waals surface area contributed by atoms with E-state index < -0.39 is 0 Å². The first-order chi connectivity index (χ1) is 4.31. The van der Waals surface area contributed by atoms with Gasteiger partial charge in [0.15, 0.2) is 0 Å². The van der Waals surface area contributed by atoms with Gasteiger partial charge in [-0.3, -0.25) is 0 Å². The van der Waals surface area contributed by atoms with Crippen LogP contribution in [0.5, 0.6) is 0 Å². The van der Waals surface area contributed by atoms with Crippen LogP contribution in [0.4, 0.5) is 0 Å². The summed E-state index contributed by atoms with van der Waals surface area (Å²) in [5.41, 5.74) is 0. The van der Waals surface area contributed by atoms with E-state index in [2.05, 4.69) is 26.7 Å². The largest absolute Gasteiger partial charge is 0 e. The van der Waals surface area contributed by atoms with Crippen molar-refractivity contribution in [2.75, 3.05) is 6.61 Å².